The Labute approximate surface area is 137 Å². The van der Waals surface area contributed by atoms with Crippen LogP contribution in [0, 0.1) is 19.6 Å². The van der Waals surface area contributed by atoms with E-state index in [2.05, 4.69) is 4.98 Å². The molecule has 0 fully saturated rings. The zero-order valence-electron chi connectivity index (χ0n) is 17.1. The van der Waals surface area contributed by atoms with E-state index < -0.39 is 19.0 Å². The van der Waals surface area contributed by atoms with Gasteiger partial charge in [-0.05, 0) is 54.5 Å². The van der Waals surface area contributed by atoms with Gasteiger partial charge in [0.15, 0.2) is 0 Å². The number of pyridine rings is 1. The van der Waals surface area contributed by atoms with Crippen LogP contribution >= 0.6 is 0 Å². The lowest BCUT2D eigenvalue weighted by Gasteiger charge is -2.10. The van der Waals surface area contributed by atoms with Crippen LogP contribution in [0.25, 0.3) is 11.3 Å². The van der Waals surface area contributed by atoms with E-state index in [0.29, 0.717) is 11.1 Å². The van der Waals surface area contributed by atoms with Crippen molar-refractivity contribution in [1.82, 2.24) is 4.98 Å². The zero-order chi connectivity index (χ0) is 19.8. The molecule has 0 saturated heterocycles. The number of nitrogens with zero attached hydrogens (tertiary/aromatic N) is 1. The van der Waals surface area contributed by atoms with E-state index in [1.165, 1.54) is 6.07 Å². The molecule has 2 heteroatoms. The summed E-state index contributed by atoms with van der Waals surface area (Å²) in [7, 11) is 0. The van der Waals surface area contributed by atoms with E-state index >= 15 is 0 Å². The first-order valence-electron chi connectivity index (χ1n) is 9.44. The number of halogens is 1. The Morgan fingerprint density at radius 1 is 1.09 bits per heavy atom. The summed E-state index contributed by atoms with van der Waals surface area (Å²) in [6.45, 7) is -0.923. The van der Waals surface area contributed by atoms with Crippen molar-refractivity contribution >= 4 is 0 Å². The molecule has 0 amide bonds. The van der Waals surface area contributed by atoms with E-state index in [1.807, 2.05) is 0 Å². The fourth-order valence-corrected chi connectivity index (χ4v) is 2.23. The molecule has 0 aliphatic rings. The van der Waals surface area contributed by atoms with Crippen LogP contribution in [0.1, 0.15) is 29.1 Å². The molecule has 3 rings (SSSR count). The lowest BCUT2D eigenvalue weighted by Crippen LogP contribution is -1.97. The molecule has 0 bridgehead atoms. The Morgan fingerprint density at radius 2 is 1.91 bits per heavy atom. The van der Waals surface area contributed by atoms with E-state index in [-0.39, 0.29) is 22.4 Å². The van der Waals surface area contributed by atoms with E-state index in [0.717, 1.165) is 6.20 Å². The van der Waals surface area contributed by atoms with Gasteiger partial charge in [-0.2, -0.15) is 0 Å². The highest BCUT2D eigenvalue weighted by atomic mass is 19.1. The lowest BCUT2D eigenvalue weighted by molar-refractivity contribution is 0.621. The van der Waals surface area contributed by atoms with Crippen molar-refractivity contribution in [2.45, 2.75) is 20.1 Å². The van der Waals surface area contributed by atoms with Gasteiger partial charge in [0.1, 0.15) is 5.82 Å². The smallest absolute Gasteiger partial charge is 0.135 e. The Morgan fingerprint density at radius 3 is 2.68 bits per heavy atom. The van der Waals surface area contributed by atoms with Crippen LogP contribution in [0.4, 0.5) is 4.39 Å². The van der Waals surface area contributed by atoms with Gasteiger partial charge in [-0.25, -0.2) is 4.39 Å². The summed E-state index contributed by atoms with van der Waals surface area (Å²) >= 11 is 0. The van der Waals surface area contributed by atoms with Crippen molar-refractivity contribution in [1.29, 1.82) is 0 Å². The number of aromatic nitrogens is 1. The highest BCUT2D eigenvalue weighted by molar-refractivity contribution is 5.62. The third-order valence-electron chi connectivity index (χ3n) is 3.42. The maximum atomic E-state index is 14.5. The summed E-state index contributed by atoms with van der Waals surface area (Å²) in [5.74, 6) is -0.460. The van der Waals surface area contributed by atoms with Crippen LogP contribution in [0.2, 0.25) is 0 Å². The second kappa shape index (κ2) is 6.10. The van der Waals surface area contributed by atoms with Crippen molar-refractivity contribution in [3.8, 4) is 11.3 Å². The van der Waals surface area contributed by atoms with Gasteiger partial charge in [0.25, 0.3) is 0 Å². The van der Waals surface area contributed by atoms with Gasteiger partial charge in [0, 0.05) is 18.6 Å². The number of rotatable bonds is 3. The molecule has 22 heavy (non-hydrogen) atoms. The predicted octanol–water partition coefficient (Wildman–Crippen LogP) is 5.10. The number of hydrogen-bond acceptors (Lipinski definition) is 1. The van der Waals surface area contributed by atoms with Gasteiger partial charge in [0.05, 0.1) is 5.69 Å². The summed E-state index contributed by atoms with van der Waals surface area (Å²) in [5.41, 5.74) is 0.920. The Hall–Kier alpha value is -2.48. The minimum Gasteiger partial charge on any atom is -0.256 e. The molecule has 1 heterocycles. The minimum atomic E-state index is -2.55. The van der Waals surface area contributed by atoms with Crippen molar-refractivity contribution in [3.05, 3.63) is 88.9 Å². The molecule has 0 atom stereocenters. The molecule has 1 nitrogen and oxygen atoms in total. The maximum Gasteiger partial charge on any atom is 0.135 e. The molecule has 0 spiro atoms. The Kier molecular flexibility index (Phi) is 2.64. The molecule has 0 saturated carbocycles. The molecule has 110 valence electrons. The third kappa shape index (κ3) is 2.91. The third-order valence-corrected chi connectivity index (χ3v) is 3.42. The van der Waals surface area contributed by atoms with Gasteiger partial charge in [0.2, 0.25) is 0 Å². The minimum absolute atomic E-state index is 0.0420. The van der Waals surface area contributed by atoms with Gasteiger partial charge in [-0.15, -0.1) is 0 Å². The molecule has 2 aromatic carbocycles. The summed E-state index contributed by atoms with van der Waals surface area (Å²) in [5, 5.41) is 0. The fraction of sp³-hybridized carbons (Fsp3) is 0.150. The fourth-order valence-electron chi connectivity index (χ4n) is 2.23. The summed E-state index contributed by atoms with van der Waals surface area (Å²) in [6, 6.07) is 14.5. The van der Waals surface area contributed by atoms with Gasteiger partial charge < -0.3 is 0 Å². The number of hydrogen-bond donors (Lipinski definition) is 0. The molecule has 0 radical (unpaired) electrons. The largest absolute Gasteiger partial charge is 0.256 e. The molecule has 0 aliphatic carbocycles. The molecule has 1 aromatic heterocycles. The molecule has 0 N–H and O–H groups in total. The predicted molar refractivity (Wildman–Crippen MR) is 88.4 cm³/mol. The van der Waals surface area contributed by atoms with Crippen LogP contribution in [0.15, 0.2) is 60.8 Å². The maximum absolute atomic E-state index is 14.5. The van der Waals surface area contributed by atoms with E-state index in [1.54, 1.807) is 55.5 Å². The van der Waals surface area contributed by atoms with Crippen LogP contribution in [0.3, 0.4) is 0 Å². The van der Waals surface area contributed by atoms with Crippen molar-refractivity contribution in [2.24, 2.45) is 0 Å². The molecular weight excluding hydrogens is 273 g/mol. The van der Waals surface area contributed by atoms with Gasteiger partial charge in [-0.3, -0.25) is 4.98 Å². The first-order valence-corrected chi connectivity index (χ1v) is 6.94. The molecular formula is C20H18FN. The monoisotopic (exact) mass is 296 g/mol. The van der Waals surface area contributed by atoms with Gasteiger partial charge >= 0.3 is 0 Å². The highest BCUT2D eigenvalue weighted by Gasteiger charge is 2.10. The SMILES string of the molecule is [2H]C([2H])([2H])c1cnc(-c2cccc(C)c2F)cc1C([2H])([2H])c1ccccc1. The molecule has 0 aliphatic heterocycles. The van der Waals surface area contributed by atoms with Crippen LogP contribution < -0.4 is 0 Å². The Balaban J connectivity index is 2.26. The Bertz CT molecular complexity index is 968. The second-order valence-electron chi connectivity index (χ2n) is 5.04. The first kappa shape index (κ1) is 9.52. The van der Waals surface area contributed by atoms with Crippen LogP contribution in [0.5, 0.6) is 0 Å². The van der Waals surface area contributed by atoms with E-state index in [4.69, 9.17) is 6.85 Å². The van der Waals surface area contributed by atoms with Crippen molar-refractivity contribution < 1.29 is 11.2 Å². The van der Waals surface area contributed by atoms with Gasteiger partial charge in [-0.1, -0.05) is 42.5 Å². The quantitative estimate of drug-likeness (QED) is 0.655. The normalized spacial score (nSPS) is 15.3. The molecule has 0 unspecified atom stereocenters. The lowest BCUT2D eigenvalue weighted by atomic mass is 9.99. The standard InChI is InChI=1S/C20H18FN/c1-14-7-6-10-18(20(14)21)19-12-17(15(2)13-22-19)11-16-8-4-3-5-9-16/h3-10,12-13H,11H2,1-2H3/i2D3,11D2. The van der Waals surface area contributed by atoms with E-state index in [9.17, 15) is 4.39 Å². The average molecular weight is 296 g/mol. The zero-order valence-corrected chi connectivity index (χ0v) is 12.1. The average Bonchev–Trinajstić information content (AvgIpc) is 2.63. The highest BCUT2D eigenvalue weighted by Crippen LogP contribution is 2.25. The second-order valence-corrected chi connectivity index (χ2v) is 5.04. The summed E-state index contributed by atoms with van der Waals surface area (Å²) in [4.78, 5) is 4.12. The summed E-state index contributed by atoms with van der Waals surface area (Å²) in [6.07, 6.45) is -0.955. The first-order chi connectivity index (χ1) is 12.6. The van der Waals surface area contributed by atoms with Crippen LogP contribution in [-0.2, 0) is 6.37 Å². The van der Waals surface area contributed by atoms with Crippen molar-refractivity contribution in [2.75, 3.05) is 0 Å². The molecule has 3 aromatic rings. The van der Waals surface area contributed by atoms with Crippen LogP contribution in [-0.4, -0.2) is 4.98 Å². The van der Waals surface area contributed by atoms with Crippen molar-refractivity contribution in [3.63, 3.8) is 0 Å². The summed E-state index contributed by atoms with van der Waals surface area (Å²) < 4.78 is 55.0. The number of aryl methyl sites for hydroxylation is 2. The number of benzene rings is 2. The topological polar surface area (TPSA) is 12.9 Å².